The smallest absolute Gasteiger partial charge is 0.334 e. The molecule has 2 aliphatic rings. The van der Waals surface area contributed by atoms with Crippen molar-refractivity contribution in [2.24, 2.45) is 0 Å². The van der Waals surface area contributed by atoms with E-state index in [-0.39, 0.29) is 12.1 Å². The maximum Gasteiger partial charge on any atom is 0.334 e. The Morgan fingerprint density at radius 3 is 2.85 bits per heavy atom. The highest BCUT2D eigenvalue weighted by Gasteiger charge is 2.52. The average molecular weight is 272 g/mol. The van der Waals surface area contributed by atoms with Crippen LogP contribution in [0.2, 0.25) is 0 Å². The van der Waals surface area contributed by atoms with Crippen molar-refractivity contribution < 1.29 is 14.3 Å². The van der Waals surface area contributed by atoms with Crippen LogP contribution in [0.5, 0.6) is 0 Å². The maximum atomic E-state index is 12.1. The second-order valence-corrected chi connectivity index (χ2v) is 5.75. The van der Waals surface area contributed by atoms with Crippen LogP contribution in [0.1, 0.15) is 37.3 Å². The molecule has 1 aliphatic carbocycles. The molecule has 1 heterocycles. The molecule has 0 N–H and O–H groups in total. The Kier molecular flexibility index (Phi) is 3.38. The molecule has 3 heteroatoms. The number of aryl methyl sites for hydroxylation is 1. The first-order chi connectivity index (χ1) is 9.63. The number of benzene rings is 1. The van der Waals surface area contributed by atoms with Crippen molar-refractivity contribution in [1.82, 2.24) is 0 Å². The van der Waals surface area contributed by atoms with Crippen molar-refractivity contribution in [3.05, 3.63) is 47.5 Å². The first-order valence-corrected chi connectivity index (χ1v) is 7.22. The van der Waals surface area contributed by atoms with Gasteiger partial charge in [0.2, 0.25) is 0 Å². The lowest BCUT2D eigenvalue weighted by atomic mass is 9.84. The van der Waals surface area contributed by atoms with Gasteiger partial charge in [-0.15, -0.1) is 0 Å². The van der Waals surface area contributed by atoms with Crippen LogP contribution < -0.4 is 0 Å². The molecule has 20 heavy (non-hydrogen) atoms. The number of carbonyl (C=O) groups is 1. The third-order valence-corrected chi connectivity index (χ3v) is 4.19. The van der Waals surface area contributed by atoms with Crippen molar-refractivity contribution in [2.75, 3.05) is 6.61 Å². The van der Waals surface area contributed by atoms with E-state index < -0.39 is 5.60 Å². The van der Waals surface area contributed by atoms with Gasteiger partial charge in [0.05, 0.1) is 6.61 Å². The molecule has 0 amide bonds. The highest BCUT2D eigenvalue weighted by Crippen LogP contribution is 2.45. The van der Waals surface area contributed by atoms with Gasteiger partial charge in [0.15, 0.2) is 5.60 Å². The molecule has 1 aliphatic heterocycles. The predicted molar refractivity (Wildman–Crippen MR) is 76.3 cm³/mol. The Balaban J connectivity index is 2.05. The van der Waals surface area contributed by atoms with E-state index in [0.29, 0.717) is 12.2 Å². The van der Waals surface area contributed by atoms with Crippen LogP contribution in [0.4, 0.5) is 0 Å². The molecule has 0 aromatic heterocycles. The molecule has 1 saturated heterocycles. The molecule has 1 unspecified atom stereocenters. The summed E-state index contributed by atoms with van der Waals surface area (Å²) in [6, 6.07) is 8.26. The van der Waals surface area contributed by atoms with Gasteiger partial charge < -0.3 is 9.47 Å². The summed E-state index contributed by atoms with van der Waals surface area (Å²) in [5, 5.41) is 0. The largest absolute Gasteiger partial charge is 0.448 e. The molecule has 2 atom stereocenters. The maximum absolute atomic E-state index is 12.1. The monoisotopic (exact) mass is 272 g/mol. The number of epoxide rings is 1. The van der Waals surface area contributed by atoms with Crippen molar-refractivity contribution >= 4 is 5.97 Å². The van der Waals surface area contributed by atoms with E-state index in [4.69, 9.17) is 9.47 Å². The number of rotatable bonds is 3. The second kappa shape index (κ2) is 5.06. The first-order valence-electron chi connectivity index (χ1n) is 7.22. The lowest BCUT2D eigenvalue weighted by molar-refractivity contribution is -0.160. The fourth-order valence-corrected chi connectivity index (χ4v) is 3.06. The Bertz CT molecular complexity index is 545. The Labute approximate surface area is 119 Å². The number of fused-ring (bicyclic) bond motifs is 1. The summed E-state index contributed by atoms with van der Waals surface area (Å²) in [5.41, 5.74) is 2.21. The first kappa shape index (κ1) is 13.4. The van der Waals surface area contributed by atoms with E-state index in [1.54, 1.807) is 6.92 Å². The highest BCUT2D eigenvalue weighted by atomic mass is 16.6. The number of ether oxygens (including phenoxy) is 2. The zero-order valence-corrected chi connectivity index (χ0v) is 11.9. The van der Waals surface area contributed by atoms with E-state index in [1.807, 2.05) is 12.1 Å². The van der Waals surface area contributed by atoms with E-state index in [0.717, 1.165) is 31.2 Å². The molecule has 0 bridgehead atoms. The summed E-state index contributed by atoms with van der Waals surface area (Å²) < 4.78 is 11.4. The molecule has 0 spiro atoms. The lowest BCUT2D eigenvalue weighted by Gasteiger charge is -2.33. The zero-order chi connectivity index (χ0) is 14.2. The summed E-state index contributed by atoms with van der Waals surface area (Å²) in [6.07, 6.45) is 4.02. The van der Waals surface area contributed by atoms with Crippen LogP contribution in [0.25, 0.3) is 0 Å². The Morgan fingerprint density at radius 2 is 2.15 bits per heavy atom. The third kappa shape index (κ3) is 2.27. The van der Waals surface area contributed by atoms with Crippen LogP contribution in [0.15, 0.2) is 36.4 Å². The highest BCUT2D eigenvalue weighted by molar-refractivity contribution is 5.87. The van der Waals surface area contributed by atoms with E-state index in [2.05, 4.69) is 18.7 Å². The standard InChI is InChI=1S/C17H20O3/c1-12(2)16(18)20-17(15-11-19-15)10-6-5-8-13-7-3-4-9-14(13)17/h3-4,7,9,15H,1,5-6,8,10-11H2,2H3/t15?,17-/m1/s1. The van der Waals surface area contributed by atoms with Crippen LogP contribution in [-0.4, -0.2) is 18.7 Å². The van der Waals surface area contributed by atoms with Gasteiger partial charge >= 0.3 is 5.97 Å². The minimum absolute atomic E-state index is 0.00921. The Hall–Kier alpha value is -1.61. The van der Waals surface area contributed by atoms with Crippen molar-refractivity contribution in [3.63, 3.8) is 0 Å². The van der Waals surface area contributed by atoms with E-state index in [9.17, 15) is 4.79 Å². The normalized spacial score (nSPS) is 28.1. The van der Waals surface area contributed by atoms with Gasteiger partial charge in [-0.05, 0) is 38.2 Å². The molecule has 3 nitrogen and oxygen atoms in total. The van der Waals surface area contributed by atoms with Gasteiger partial charge in [0.1, 0.15) is 6.10 Å². The van der Waals surface area contributed by atoms with Gasteiger partial charge in [-0.1, -0.05) is 30.8 Å². The van der Waals surface area contributed by atoms with Gasteiger partial charge in [-0.3, -0.25) is 0 Å². The lowest BCUT2D eigenvalue weighted by Crippen LogP contribution is -2.38. The quantitative estimate of drug-likeness (QED) is 0.367. The SMILES string of the molecule is C=C(C)C(=O)O[C@]1(C2CO2)CCCCc2ccccc21. The molecule has 1 fully saturated rings. The number of esters is 1. The number of hydrogen-bond donors (Lipinski definition) is 0. The fourth-order valence-electron chi connectivity index (χ4n) is 3.06. The summed E-state index contributed by atoms with van der Waals surface area (Å²) in [4.78, 5) is 12.1. The topological polar surface area (TPSA) is 38.8 Å². The molecule has 106 valence electrons. The molecule has 1 aromatic carbocycles. The molecule has 1 aromatic rings. The summed E-state index contributed by atoms with van der Waals surface area (Å²) in [6.45, 7) is 6.05. The second-order valence-electron chi connectivity index (χ2n) is 5.75. The third-order valence-electron chi connectivity index (χ3n) is 4.19. The van der Waals surface area contributed by atoms with Crippen LogP contribution >= 0.6 is 0 Å². The average Bonchev–Trinajstić information content (AvgIpc) is 3.26. The van der Waals surface area contributed by atoms with Crippen LogP contribution in [0.3, 0.4) is 0 Å². The molecule has 3 rings (SSSR count). The molecular formula is C17H20O3. The van der Waals surface area contributed by atoms with Gasteiger partial charge in [-0.25, -0.2) is 4.79 Å². The number of hydrogen-bond acceptors (Lipinski definition) is 3. The fraction of sp³-hybridized carbons (Fsp3) is 0.471. The summed E-state index contributed by atoms with van der Waals surface area (Å²) in [7, 11) is 0. The van der Waals surface area contributed by atoms with Gasteiger partial charge in [0, 0.05) is 11.1 Å². The van der Waals surface area contributed by atoms with Crippen LogP contribution in [-0.2, 0) is 26.3 Å². The van der Waals surface area contributed by atoms with Crippen LogP contribution in [0, 0.1) is 0 Å². The minimum atomic E-state index is -0.622. The van der Waals surface area contributed by atoms with Crippen molar-refractivity contribution in [2.45, 2.75) is 44.3 Å². The molecular weight excluding hydrogens is 252 g/mol. The minimum Gasteiger partial charge on any atom is -0.448 e. The van der Waals surface area contributed by atoms with E-state index >= 15 is 0 Å². The number of carbonyl (C=O) groups excluding carboxylic acids is 1. The summed E-state index contributed by atoms with van der Waals surface area (Å²) >= 11 is 0. The van der Waals surface area contributed by atoms with E-state index in [1.165, 1.54) is 5.56 Å². The van der Waals surface area contributed by atoms with Gasteiger partial charge in [0.25, 0.3) is 0 Å². The molecule has 0 saturated carbocycles. The molecule has 0 radical (unpaired) electrons. The Morgan fingerprint density at radius 1 is 1.40 bits per heavy atom. The summed E-state index contributed by atoms with van der Waals surface area (Å²) in [5.74, 6) is -0.322. The van der Waals surface area contributed by atoms with Gasteiger partial charge in [-0.2, -0.15) is 0 Å². The van der Waals surface area contributed by atoms with Crippen molar-refractivity contribution in [3.8, 4) is 0 Å². The van der Waals surface area contributed by atoms with Crippen molar-refractivity contribution in [1.29, 1.82) is 0 Å². The zero-order valence-electron chi connectivity index (χ0n) is 11.9. The predicted octanol–water partition coefficient (Wildman–Crippen LogP) is 3.13.